The second-order valence-corrected chi connectivity index (χ2v) is 6.66. The molecule has 1 heterocycles. The molecule has 132 valence electrons. The van der Waals surface area contributed by atoms with Crippen LogP contribution in [0.3, 0.4) is 0 Å². The van der Waals surface area contributed by atoms with Crippen LogP contribution in [0.25, 0.3) is 11.0 Å². The first-order chi connectivity index (χ1) is 12.5. The second kappa shape index (κ2) is 6.02. The van der Waals surface area contributed by atoms with Crippen LogP contribution in [0.15, 0.2) is 51.7 Å². The van der Waals surface area contributed by atoms with Gasteiger partial charge in [-0.3, -0.25) is 4.79 Å². The second-order valence-electron chi connectivity index (χ2n) is 6.66. The predicted octanol–water partition coefficient (Wildman–Crippen LogP) is 4.08. The van der Waals surface area contributed by atoms with E-state index in [4.69, 9.17) is 14.3 Å². The molecule has 5 nitrogen and oxygen atoms in total. The number of fused-ring (bicyclic) bond motifs is 1. The minimum atomic E-state index is -1.06. The monoisotopic (exact) mass is 350 g/mol. The molecule has 0 spiro atoms. The molecule has 1 saturated carbocycles. The van der Waals surface area contributed by atoms with Gasteiger partial charge in [0.15, 0.2) is 5.43 Å². The van der Waals surface area contributed by atoms with Gasteiger partial charge in [0, 0.05) is 11.5 Å². The molecule has 4 rings (SSSR count). The Kier molecular flexibility index (Phi) is 3.80. The number of hydrogen-bond donors (Lipinski definition) is 1. The highest BCUT2D eigenvalue weighted by atomic mass is 16.5. The lowest BCUT2D eigenvalue weighted by Gasteiger charge is -2.08. The smallest absolute Gasteiger partial charge is 0.335 e. The van der Waals surface area contributed by atoms with Crippen molar-refractivity contribution >= 4 is 16.9 Å². The molecule has 1 aromatic heterocycles. The van der Waals surface area contributed by atoms with Gasteiger partial charge in [-0.05, 0) is 55.2 Å². The summed E-state index contributed by atoms with van der Waals surface area (Å²) in [5, 5.41) is 9.43. The molecule has 2 atom stereocenters. The highest BCUT2D eigenvalue weighted by Gasteiger charge is 2.43. The lowest BCUT2D eigenvalue weighted by molar-refractivity contribution is 0.0697. The van der Waals surface area contributed by atoms with E-state index in [2.05, 4.69) is 0 Å². The molecule has 0 aliphatic heterocycles. The zero-order valence-electron chi connectivity index (χ0n) is 14.5. The summed E-state index contributed by atoms with van der Waals surface area (Å²) in [5.74, 6) is 0.938. The van der Waals surface area contributed by atoms with E-state index in [0.29, 0.717) is 28.2 Å². The van der Waals surface area contributed by atoms with Gasteiger partial charge in [-0.1, -0.05) is 12.1 Å². The van der Waals surface area contributed by atoms with E-state index in [1.807, 2.05) is 24.3 Å². The Bertz CT molecular complexity index is 1060. The van der Waals surface area contributed by atoms with Gasteiger partial charge in [0.25, 0.3) is 0 Å². The Morgan fingerprint density at radius 2 is 1.88 bits per heavy atom. The number of carboxylic acids is 1. The van der Waals surface area contributed by atoms with E-state index in [-0.39, 0.29) is 16.9 Å². The van der Waals surface area contributed by atoms with Crippen molar-refractivity contribution in [3.05, 3.63) is 75.1 Å². The number of ether oxygens (including phenoxy) is 1. The number of aromatic carboxylic acids is 1. The van der Waals surface area contributed by atoms with Crippen molar-refractivity contribution in [3.63, 3.8) is 0 Å². The molecule has 2 unspecified atom stereocenters. The summed E-state index contributed by atoms with van der Waals surface area (Å²) in [7, 11) is 1.64. The van der Waals surface area contributed by atoms with Gasteiger partial charge in [-0.15, -0.1) is 0 Å². The largest absolute Gasteiger partial charge is 0.497 e. The van der Waals surface area contributed by atoms with Crippen molar-refractivity contribution in [1.82, 2.24) is 0 Å². The van der Waals surface area contributed by atoms with Crippen LogP contribution in [-0.4, -0.2) is 18.2 Å². The number of methoxy groups -OCH3 is 1. The molecule has 0 radical (unpaired) electrons. The summed E-state index contributed by atoms with van der Waals surface area (Å²) in [6.07, 6.45) is 0.925. The zero-order chi connectivity index (χ0) is 18.4. The summed E-state index contributed by atoms with van der Waals surface area (Å²) in [6, 6.07) is 12.3. The summed E-state index contributed by atoms with van der Waals surface area (Å²) >= 11 is 0. The normalized spacial score (nSPS) is 18.7. The Hall–Kier alpha value is -3.08. The fourth-order valence-corrected chi connectivity index (χ4v) is 3.50. The van der Waals surface area contributed by atoms with E-state index in [9.17, 15) is 9.59 Å². The van der Waals surface area contributed by atoms with E-state index in [1.54, 1.807) is 20.1 Å². The van der Waals surface area contributed by atoms with Crippen molar-refractivity contribution in [3.8, 4) is 5.75 Å². The molecule has 5 heteroatoms. The third-order valence-electron chi connectivity index (χ3n) is 5.07. The van der Waals surface area contributed by atoms with Crippen molar-refractivity contribution in [2.24, 2.45) is 0 Å². The highest BCUT2D eigenvalue weighted by molar-refractivity contribution is 5.92. The van der Waals surface area contributed by atoms with E-state index < -0.39 is 5.97 Å². The van der Waals surface area contributed by atoms with Crippen LogP contribution in [0.4, 0.5) is 0 Å². The van der Waals surface area contributed by atoms with Gasteiger partial charge in [-0.2, -0.15) is 0 Å². The molecular weight excluding hydrogens is 332 g/mol. The van der Waals surface area contributed by atoms with Crippen LogP contribution in [0, 0.1) is 6.92 Å². The Morgan fingerprint density at radius 3 is 2.54 bits per heavy atom. The quantitative estimate of drug-likeness (QED) is 0.767. The fraction of sp³-hybridized carbons (Fsp3) is 0.238. The van der Waals surface area contributed by atoms with Crippen molar-refractivity contribution in [2.75, 3.05) is 7.11 Å². The first-order valence-corrected chi connectivity index (χ1v) is 8.44. The molecule has 0 saturated heterocycles. The minimum Gasteiger partial charge on any atom is -0.497 e. The molecule has 1 aliphatic carbocycles. The van der Waals surface area contributed by atoms with E-state index in [0.717, 1.165) is 12.2 Å². The molecule has 1 aliphatic rings. The van der Waals surface area contributed by atoms with Gasteiger partial charge in [-0.25, -0.2) is 4.79 Å². The van der Waals surface area contributed by atoms with Gasteiger partial charge in [0.1, 0.15) is 17.1 Å². The van der Waals surface area contributed by atoms with Crippen LogP contribution in [-0.2, 0) is 0 Å². The first kappa shape index (κ1) is 16.4. The average molecular weight is 350 g/mol. The average Bonchev–Trinajstić information content (AvgIpc) is 3.45. The minimum absolute atomic E-state index is 0.0829. The Labute approximate surface area is 149 Å². The summed E-state index contributed by atoms with van der Waals surface area (Å²) in [4.78, 5) is 23.8. The summed E-state index contributed by atoms with van der Waals surface area (Å²) < 4.78 is 11.2. The maximum absolute atomic E-state index is 12.7. The van der Waals surface area contributed by atoms with Gasteiger partial charge < -0.3 is 14.3 Å². The topological polar surface area (TPSA) is 76.7 Å². The lowest BCUT2D eigenvalue weighted by Crippen LogP contribution is -2.10. The van der Waals surface area contributed by atoms with Crippen molar-refractivity contribution < 1.29 is 19.1 Å². The van der Waals surface area contributed by atoms with E-state index >= 15 is 0 Å². The van der Waals surface area contributed by atoms with Crippen LogP contribution in [0.1, 0.15) is 45.5 Å². The van der Waals surface area contributed by atoms with E-state index in [1.165, 1.54) is 17.7 Å². The number of carbonyl (C=O) groups is 1. The maximum Gasteiger partial charge on any atom is 0.335 e. The molecule has 26 heavy (non-hydrogen) atoms. The lowest BCUT2D eigenvalue weighted by atomic mass is 10.0. The number of benzene rings is 2. The predicted molar refractivity (Wildman–Crippen MR) is 97.3 cm³/mol. The molecule has 1 N–H and O–H groups in total. The highest BCUT2D eigenvalue weighted by Crippen LogP contribution is 2.55. The number of rotatable bonds is 4. The maximum atomic E-state index is 12.7. The molecule has 3 aromatic rings. The third-order valence-corrected chi connectivity index (χ3v) is 5.07. The molecule has 1 fully saturated rings. The van der Waals surface area contributed by atoms with Crippen molar-refractivity contribution in [2.45, 2.75) is 25.2 Å². The Balaban J connectivity index is 1.71. The van der Waals surface area contributed by atoms with Crippen LogP contribution < -0.4 is 10.2 Å². The van der Waals surface area contributed by atoms with Crippen LogP contribution >= 0.6 is 0 Å². The third kappa shape index (κ3) is 2.65. The Morgan fingerprint density at radius 1 is 1.15 bits per heavy atom. The number of carboxylic acid groups (broad SMARTS) is 1. The van der Waals surface area contributed by atoms with Crippen LogP contribution in [0.2, 0.25) is 0 Å². The molecule has 0 bridgehead atoms. The number of hydrogen-bond acceptors (Lipinski definition) is 4. The standard InChI is InChI=1S/C21H18O5/c1-11-19(22)17-9-13(21(23)24)5-8-18(17)26-20(11)16-10-15(16)12-3-6-14(25-2)7-4-12/h3-9,15-16H,10H2,1-2H3,(H,23,24). The van der Waals surface area contributed by atoms with Gasteiger partial charge in [0.05, 0.1) is 18.1 Å². The first-order valence-electron chi connectivity index (χ1n) is 8.44. The summed E-state index contributed by atoms with van der Waals surface area (Å²) in [5.41, 5.74) is 2.10. The van der Waals surface area contributed by atoms with Gasteiger partial charge in [0.2, 0.25) is 0 Å². The zero-order valence-corrected chi connectivity index (χ0v) is 14.5. The molecule has 2 aromatic carbocycles. The van der Waals surface area contributed by atoms with Crippen molar-refractivity contribution in [1.29, 1.82) is 0 Å². The van der Waals surface area contributed by atoms with Crippen LogP contribution in [0.5, 0.6) is 5.75 Å². The molecule has 0 amide bonds. The SMILES string of the molecule is COc1ccc(C2CC2c2oc3ccc(C(=O)O)cc3c(=O)c2C)cc1. The molecular formula is C21H18O5. The van der Waals surface area contributed by atoms with Gasteiger partial charge >= 0.3 is 5.97 Å². The fourth-order valence-electron chi connectivity index (χ4n) is 3.50. The summed E-state index contributed by atoms with van der Waals surface area (Å²) in [6.45, 7) is 1.75.